The number of hydrogen-bond acceptors (Lipinski definition) is 8. The molecule has 3 unspecified atom stereocenters. The lowest BCUT2D eigenvalue weighted by molar-refractivity contribution is -0.147. The smallest absolute Gasteiger partial charge is 0.255 e. The van der Waals surface area contributed by atoms with Crippen LogP contribution >= 0.6 is 11.6 Å². The molecular weight excluding hydrogens is 536 g/mol. The van der Waals surface area contributed by atoms with E-state index in [9.17, 15) is 34.8 Å². The highest BCUT2D eigenvalue weighted by molar-refractivity contribution is 6.32. The highest BCUT2D eigenvalue weighted by Crippen LogP contribution is 2.65. The number of carbonyl (C=O) groups excluding carboxylic acids is 3. The van der Waals surface area contributed by atoms with Crippen molar-refractivity contribution in [2.75, 3.05) is 0 Å². The van der Waals surface area contributed by atoms with Gasteiger partial charge in [0.1, 0.15) is 22.8 Å². The third kappa shape index (κ3) is 3.31. The summed E-state index contributed by atoms with van der Waals surface area (Å²) < 4.78 is 0. The predicted octanol–water partition coefficient (Wildman–Crippen LogP) is 3.38. The summed E-state index contributed by atoms with van der Waals surface area (Å²) in [5.41, 5.74) is 3.23. The second-order valence-electron chi connectivity index (χ2n) is 13.2. The lowest BCUT2D eigenvalue weighted by atomic mass is 9.59. The van der Waals surface area contributed by atoms with Crippen LogP contribution in [0, 0.1) is 28.6 Å². The number of phenolic OH excluding ortho intramolecular Hbond substituents is 1. The average Bonchev–Trinajstić information content (AvgIpc) is 3.20. The van der Waals surface area contributed by atoms with E-state index in [1.165, 1.54) is 12.5 Å². The molecule has 0 aromatic heterocycles. The van der Waals surface area contributed by atoms with Crippen LogP contribution in [0.15, 0.2) is 23.0 Å². The number of rotatable bonds is 4. The topological polar surface area (TPSA) is 170 Å². The van der Waals surface area contributed by atoms with Gasteiger partial charge in [0, 0.05) is 35.5 Å². The molecule has 0 radical (unpaired) electrons. The molecule has 2 bridgehead atoms. The van der Waals surface area contributed by atoms with Crippen molar-refractivity contribution >= 4 is 34.8 Å². The highest BCUT2D eigenvalue weighted by atomic mass is 35.5. The van der Waals surface area contributed by atoms with Crippen molar-refractivity contribution in [1.29, 1.82) is 0 Å². The quantitative estimate of drug-likeness (QED) is 0.299. The summed E-state index contributed by atoms with van der Waals surface area (Å²) in [6, 6.07) is 1.79. The van der Waals surface area contributed by atoms with Gasteiger partial charge < -0.3 is 31.5 Å². The largest absolute Gasteiger partial charge is 0.508 e. The number of aliphatic hydroxyl groups excluding tert-OH is 2. The van der Waals surface area contributed by atoms with Crippen LogP contribution in [0.4, 0.5) is 0 Å². The predicted molar refractivity (Wildman–Crippen MR) is 146 cm³/mol. The van der Waals surface area contributed by atoms with Crippen LogP contribution in [-0.2, 0) is 27.3 Å². The fourth-order valence-corrected chi connectivity index (χ4v) is 8.89. The van der Waals surface area contributed by atoms with Gasteiger partial charge in [-0.05, 0) is 72.0 Å². The van der Waals surface area contributed by atoms with E-state index in [0.29, 0.717) is 34.7 Å². The van der Waals surface area contributed by atoms with E-state index in [1.54, 1.807) is 0 Å². The first-order valence-electron chi connectivity index (χ1n) is 13.9. The van der Waals surface area contributed by atoms with E-state index < -0.39 is 52.0 Å². The Kier molecular flexibility index (Phi) is 5.85. The Bertz CT molecular complexity index is 1460. The number of amides is 1. The second-order valence-corrected chi connectivity index (χ2v) is 13.6. The molecule has 5 aliphatic carbocycles. The monoisotopic (exact) mass is 570 g/mol. The van der Waals surface area contributed by atoms with E-state index in [-0.39, 0.29) is 47.0 Å². The molecule has 1 aromatic rings. The Hall–Kier alpha value is -2.88. The van der Waals surface area contributed by atoms with Gasteiger partial charge in [0.15, 0.2) is 11.4 Å². The third-order valence-corrected chi connectivity index (χ3v) is 11.9. The molecule has 6 rings (SSSR count). The summed E-state index contributed by atoms with van der Waals surface area (Å²) in [4.78, 5) is 38.0. The number of hydrogen-bond donors (Lipinski definition) is 6. The van der Waals surface area contributed by atoms with Gasteiger partial charge in [-0.3, -0.25) is 14.4 Å². The zero-order valence-corrected chi connectivity index (χ0v) is 23.6. The number of nitrogens with two attached hydrogens (primary N) is 1. The normalized spacial score (nSPS) is 36.0. The number of primary amides is 1. The molecule has 10 heteroatoms. The number of ketones is 2. The van der Waals surface area contributed by atoms with E-state index >= 15 is 0 Å². The Morgan fingerprint density at radius 3 is 2.42 bits per heavy atom. The highest BCUT2D eigenvalue weighted by Gasteiger charge is 2.62. The van der Waals surface area contributed by atoms with Gasteiger partial charge in [-0.1, -0.05) is 32.4 Å². The van der Waals surface area contributed by atoms with Crippen molar-refractivity contribution < 1.29 is 34.8 Å². The number of phenols is 1. The number of nitrogens with one attached hydrogen (secondary N) is 1. The zero-order chi connectivity index (χ0) is 29.1. The molecule has 3 fully saturated rings. The van der Waals surface area contributed by atoms with Gasteiger partial charge in [0.05, 0.1) is 5.56 Å². The van der Waals surface area contributed by atoms with Crippen LogP contribution in [-0.4, -0.2) is 49.5 Å². The van der Waals surface area contributed by atoms with E-state index in [1.807, 2.05) is 0 Å². The molecular formula is C30H35ClN2O7. The number of benzene rings is 1. The van der Waals surface area contributed by atoms with Gasteiger partial charge >= 0.3 is 0 Å². The van der Waals surface area contributed by atoms with Crippen LogP contribution in [0.25, 0.3) is 5.76 Å². The minimum absolute atomic E-state index is 0.00824. The summed E-state index contributed by atoms with van der Waals surface area (Å²) >= 11 is 6.88. The molecule has 1 aromatic carbocycles. The fourth-order valence-electron chi connectivity index (χ4n) is 8.60. The van der Waals surface area contributed by atoms with Crippen molar-refractivity contribution in [3.8, 4) is 5.75 Å². The lowest BCUT2D eigenvalue weighted by Gasteiger charge is -2.46. The van der Waals surface area contributed by atoms with Crippen LogP contribution in [0.5, 0.6) is 5.75 Å². The molecule has 0 aliphatic heterocycles. The molecule has 3 saturated carbocycles. The molecule has 6 atom stereocenters. The second kappa shape index (κ2) is 8.57. The number of halogens is 1. The maximum absolute atomic E-state index is 13.6. The molecule has 9 nitrogen and oxygen atoms in total. The maximum atomic E-state index is 13.6. The van der Waals surface area contributed by atoms with Gasteiger partial charge in [-0.2, -0.15) is 0 Å². The SMILES string of the molecule is CC1(C)C2CCC1(C)[C@@H](NCc1cc(O)c3c(c1Cl)CC1C[C@H]4CC(=O)C(C(N)=O)=C(O)[C@@]4(O)C(=O)C1=C3O)C2. The summed E-state index contributed by atoms with van der Waals surface area (Å²) in [5.74, 6) is -5.86. The summed E-state index contributed by atoms with van der Waals surface area (Å²) in [6.07, 6.45) is 3.36. The van der Waals surface area contributed by atoms with Crippen molar-refractivity contribution in [3.63, 3.8) is 0 Å². The van der Waals surface area contributed by atoms with Crippen LogP contribution in [0.3, 0.4) is 0 Å². The molecule has 7 N–H and O–H groups in total. The Morgan fingerprint density at radius 1 is 1.12 bits per heavy atom. The molecule has 1 amide bonds. The number of aromatic hydroxyl groups is 1. The number of fused-ring (bicyclic) bond motifs is 5. The molecule has 0 spiro atoms. The van der Waals surface area contributed by atoms with Crippen LogP contribution < -0.4 is 11.1 Å². The first-order valence-corrected chi connectivity index (χ1v) is 14.3. The van der Waals surface area contributed by atoms with Crippen molar-refractivity contribution in [1.82, 2.24) is 5.32 Å². The van der Waals surface area contributed by atoms with Gasteiger partial charge in [-0.15, -0.1) is 0 Å². The summed E-state index contributed by atoms with van der Waals surface area (Å²) in [7, 11) is 0. The third-order valence-electron chi connectivity index (χ3n) is 11.4. The standard InChI is InChI=1S/C30H35ClN2O7/c1-28(2)14-4-5-29(28,3)19(10-14)33-11-13-8-17(34)21-16(23(13)31)7-12-6-15-9-18(35)22(27(32)39)26(38)30(15,40)25(37)20(12)24(21)36/h8,12,14-15,19,33-34,36,38,40H,4-7,9-11H2,1-3H3,(H2,32,39)/t12?,14?,15-,19-,29?,30-/m0/s1. The van der Waals surface area contributed by atoms with Crippen molar-refractivity contribution in [2.24, 2.45) is 34.3 Å². The van der Waals surface area contributed by atoms with Crippen LogP contribution in [0.2, 0.25) is 5.02 Å². The molecule has 40 heavy (non-hydrogen) atoms. The first-order chi connectivity index (χ1) is 18.6. The molecule has 5 aliphatic rings. The van der Waals surface area contributed by atoms with E-state index in [2.05, 4.69) is 26.1 Å². The zero-order valence-electron chi connectivity index (χ0n) is 22.8. The summed E-state index contributed by atoms with van der Waals surface area (Å²) in [5, 5.41) is 48.4. The molecule has 0 heterocycles. The number of Topliss-reactive ketones (excluding diaryl/α,β-unsaturated/α-hetero) is 2. The minimum Gasteiger partial charge on any atom is -0.508 e. The molecule has 0 saturated heterocycles. The Balaban J connectivity index is 1.35. The van der Waals surface area contributed by atoms with Crippen molar-refractivity contribution in [3.05, 3.63) is 44.7 Å². The van der Waals surface area contributed by atoms with E-state index in [0.717, 1.165) is 12.8 Å². The van der Waals surface area contributed by atoms with Gasteiger partial charge in [-0.25, -0.2) is 0 Å². The Labute approximate surface area is 237 Å². The number of carbonyl (C=O) groups is 3. The van der Waals surface area contributed by atoms with Crippen molar-refractivity contribution in [2.45, 2.75) is 77.5 Å². The first kappa shape index (κ1) is 27.3. The Morgan fingerprint density at radius 2 is 1.82 bits per heavy atom. The maximum Gasteiger partial charge on any atom is 0.255 e. The lowest BCUT2D eigenvalue weighted by Crippen LogP contribution is -2.58. The molecule has 214 valence electrons. The average molecular weight is 571 g/mol. The summed E-state index contributed by atoms with van der Waals surface area (Å²) in [6.45, 7) is 7.44. The van der Waals surface area contributed by atoms with Crippen LogP contribution in [0.1, 0.15) is 69.6 Å². The van der Waals surface area contributed by atoms with E-state index in [4.69, 9.17) is 17.3 Å². The minimum atomic E-state index is -2.58. The fraction of sp³-hybridized carbons (Fsp3) is 0.567. The van der Waals surface area contributed by atoms with Gasteiger partial charge in [0.25, 0.3) is 5.91 Å². The number of aliphatic hydroxyl groups is 3. The van der Waals surface area contributed by atoms with Gasteiger partial charge in [0.2, 0.25) is 5.78 Å².